The first kappa shape index (κ1) is 25.9. The molecule has 1 atom stereocenters. The van der Waals surface area contributed by atoms with Crippen LogP contribution in [0.3, 0.4) is 0 Å². The van der Waals surface area contributed by atoms with Crippen LogP contribution in [0, 0.1) is 33.5 Å². The van der Waals surface area contributed by atoms with Gasteiger partial charge in [-0.1, -0.05) is 69.2 Å². The summed E-state index contributed by atoms with van der Waals surface area (Å²) in [7, 11) is 0. The van der Waals surface area contributed by atoms with Crippen LogP contribution in [0.5, 0.6) is 0 Å². The SMILES string of the molecule is CC(C)(C)CC(C)(C)CC(CC(C)(C)CC(C)(C)C)C(CC(=O)O)C(=O)O. The molecule has 0 radical (unpaired) electrons. The summed E-state index contributed by atoms with van der Waals surface area (Å²) in [6, 6.07) is 0. The Balaban J connectivity index is 5.73. The molecule has 0 fully saturated rings. The Kier molecular flexibility index (Phi) is 8.61. The van der Waals surface area contributed by atoms with Crippen LogP contribution in [0.25, 0.3) is 0 Å². The lowest BCUT2D eigenvalue weighted by Gasteiger charge is -2.41. The van der Waals surface area contributed by atoms with Gasteiger partial charge >= 0.3 is 11.9 Å². The highest BCUT2D eigenvalue weighted by atomic mass is 16.4. The summed E-state index contributed by atoms with van der Waals surface area (Å²) >= 11 is 0. The van der Waals surface area contributed by atoms with E-state index in [1.165, 1.54) is 0 Å². The second-order valence-electron chi connectivity index (χ2n) is 12.5. The molecule has 0 aromatic heterocycles. The molecule has 0 heterocycles. The molecule has 2 N–H and O–H groups in total. The molecule has 4 nitrogen and oxygen atoms in total. The van der Waals surface area contributed by atoms with Crippen LogP contribution in [0.1, 0.15) is 101 Å². The Morgan fingerprint density at radius 2 is 1.04 bits per heavy atom. The molecule has 27 heavy (non-hydrogen) atoms. The quantitative estimate of drug-likeness (QED) is 0.452. The third kappa shape index (κ3) is 12.1. The van der Waals surface area contributed by atoms with Gasteiger partial charge in [0.05, 0.1) is 12.3 Å². The Bertz CT molecular complexity index is 473. The maximum atomic E-state index is 12.0. The van der Waals surface area contributed by atoms with Gasteiger partial charge in [-0.2, -0.15) is 0 Å². The lowest BCUT2D eigenvalue weighted by molar-refractivity contribution is -0.151. The molecule has 4 heteroatoms. The van der Waals surface area contributed by atoms with Gasteiger partial charge in [-0.15, -0.1) is 0 Å². The van der Waals surface area contributed by atoms with Crippen molar-refractivity contribution in [1.29, 1.82) is 0 Å². The van der Waals surface area contributed by atoms with E-state index in [-0.39, 0.29) is 34.0 Å². The minimum absolute atomic E-state index is 0.0487. The molecule has 0 saturated heterocycles. The van der Waals surface area contributed by atoms with Crippen molar-refractivity contribution in [3.63, 3.8) is 0 Å². The van der Waals surface area contributed by atoms with Gasteiger partial charge in [-0.3, -0.25) is 9.59 Å². The molecule has 0 spiro atoms. The number of carboxylic acid groups (broad SMARTS) is 2. The van der Waals surface area contributed by atoms with Crippen molar-refractivity contribution >= 4 is 11.9 Å². The molecule has 0 aromatic carbocycles. The molecule has 0 bridgehead atoms. The fourth-order valence-electron chi connectivity index (χ4n) is 5.44. The number of carbonyl (C=O) groups is 2. The molecule has 1 unspecified atom stereocenters. The summed E-state index contributed by atoms with van der Waals surface area (Å²) in [6.45, 7) is 21.9. The van der Waals surface area contributed by atoms with Gasteiger partial charge in [0.25, 0.3) is 0 Å². The molecule has 0 rings (SSSR count). The van der Waals surface area contributed by atoms with Crippen molar-refractivity contribution in [3.8, 4) is 0 Å². The predicted molar refractivity (Wildman–Crippen MR) is 112 cm³/mol. The van der Waals surface area contributed by atoms with Crippen LogP contribution in [-0.2, 0) is 9.59 Å². The molecule has 0 aromatic rings. The van der Waals surface area contributed by atoms with Gasteiger partial charge < -0.3 is 10.2 Å². The van der Waals surface area contributed by atoms with E-state index in [0.29, 0.717) is 0 Å². The molecule has 0 saturated carbocycles. The largest absolute Gasteiger partial charge is 0.481 e. The first-order valence-electron chi connectivity index (χ1n) is 10.2. The van der Waals surface area contributed by atoms with Gasteiger partial charge in [0.2, 0.25) is 0 Å². The molecule has 0 aliphatic rings. The molecule has 0 amide bonds. The van der Waals surface area contributed by atoms with Crippen molar-refractivity contribution in [2.45, 2.75) is 101 Å². The highest BCUT2D eigenvalue weighted by molar-refractivity contribution is 5.78. The van der Waals surface area contributed by atoms with Gasteiger partial charge in [0.1, 0.15) is 0 Å². The maximum absolute atomic E-state index is 12.0. The monoisotopic (exact) mass is 384 g/mol. The predicted octanol–water partition coefficient (Wildman–Crippen LogP) is 6.48. The molecule has 160 valence electrons. The zero-order chi connectivity index (χ0) is 21.8. The van der Waals surface area contributed by atoms with E-state index >= 15 is 0 Å². The number of hydrogen-bond acceptors (Lipinski definition) is 2. The molecular weight excluding hydrogens is 340 g/mol. The van der Waals surface area contributed by atoms with E-state index in [4.69, 9.17) is 0 Å². The fourth-order valence-corrected chi connectivity index (χ4v) is 5.44. The average Bonchev–Trinajstić information content (AvgIpc) is 2.26. The van der Waals surface area contributed by atoms with Crippen LogP contribution in [0.15, 0.2) is 0 Å². The second-order valence-corrected chi connectivity index (χ2v) is 12.5. The van der Waals surface area contributed by atoms with Crippen molar-refractivity contribution in [2.75, 3.05) is 0 Å². The number of carboxylic acids is 2. The third-order valence-electron chi connectivity index (χ3n) is 4.93. The van der Waals surface area contributed by atoms with Gasteiger partial charge in [0, 0.05) is 0 Å². The van der Waals surface area contributed by atoms with E-state index in [9.17, 15) is 19.8 Å². The van der Waals surface area contributed by atoms with E-state index in [1.807, 2.05) is 0 Å². The van der Waals surface area contributed by atoms with Crippen molar-refractivity contribution in [1.82, 2.24) is 0 Å². The first-order chi connectivity index (χ1) is 11.7. The van der Waals surface area contributed by atoms with Crippen LogP contribution in [0.4, 0.5) is 0 Å². The zero-order valence-corrected chi connectivity index (χ0v) is 19.4. The molecular formula is C23H44O4. The average molecular weight is 385 g/mol. The number of hydrogen-bond donors (Lipinski definition) is 2. The van der Waals surface area contributed by atoms with E-state index in [1.54, 1.807) is 0 Å². The number of rotatable bonds is 10. The Hall–Kier alpha value is -1.06. The van der Waals surface area contributed by atoms with Crippen LogP contribution in [-0.4, -0.2) is 22.2 Å². The molecule has 0 aliphatic carbocycles. The normalized spacial score (nSPS) is 15.1. The van der Waals surface area contributed by atoms with Gasteiger partial charge in [-0.25, -0.2) is 0 Å². The standard InChI is InChI=1S/C23H44O4/c1-20(2,3)14-22(7,8)12-16(17(19(26)27)11-18(24)25)13-23(9,10)15-21(4,5)6/h16-17H,11-15H2,1-10H3,(H,24,25)(H,26,27). The lowest BCUT2D eigenvalue weighted by atomic mass is 9.64. The highest BCUT2D eigenvalue weighted by Crippen LogP contribution is 2.46. The van der Waals surface area contributed by atoms with Crippen molar-refractivity contribution in [3.05, 3.63) is 0 Å². The lowest BCUT2D eigenvalue weighted by Crippen LogP contribution is -2.35. The second kappa shape index (κ2) is 8.96. The van der Waals surface area contributed by atoms with Crippen LogP contribution in [0.2, 0.25) is 0 Å². The van der Waals surface area contributed by atoms with Crippen molar-refractivity contribution in [2.24, 2.45) is 33.5 Å². The van der Waals surface area contributed by atoms with E-state index in [0.717, 1.165) is 25.7 Å². The van der Waals surface area contributed by atoms with Crippen molar-refractivity contribution < 1.29 is 19.8 Å². The maximum Gasteiger partial charge on any atom is 0.307 e. The minimum Gasteiger partial charge on any atom is -0.481 e. The Labute approximate surface area is 167 Å². The van der Waals surface area contributed by atoms with Gasteiger partial charge in [0.15, 0.2) is 0 Å². The van der Waals surface area contributed by atoms with E-state index in [2.05, 4.69) is 69.2 Å². The summed E-state index contributed by atoms with van der Waals surface area (Å²) in [4.78, 5) is 23.3. The smallest absolute Gasteiger partial charge is 0.307 e. The first-order valence-corrected chi connectivity index (χ1v) is 10.2. The third-order valence-corrected chi connectivity index (χ3v) is 4.93. The van der Waals surface area contributed by atoms with Crippen LogP contribution < -0.4 is 0 Å². The summed E-state index contributed by atoms with van der Waals surface area (Å²) in [5, 5.41) is 19.1. The summed E-state index contributed by atoms with van der Waals surface area (Å²) in [5.41, 5.74) is 0.181. The van der Waals surface area contributed by atoms with E-state index < -0.39 is 17.9 Å². The van der Waals surface area contributed by atoms with Crippen LogP contribution >= 0.6 is 0 Å². The fraction of sp³-hybridized carbons (Fsp3) is 0.913. The minimum atomic E-state index is -1.03. The number of aliphatic carboxylic acids is 2. The Morgan fingerprint density at radius 3 is 1.26 bits per heavy atom. The highest BCUT2D eigenvalue weighted by Gasteiger charge is 2.39. The summed E-state index contributed by atoms with van der Waals surface area (Å²) in [5.74, 6) is -3.02. The Morgan fingerprint density at radius 1 is 0.704 bits per heavy atom. The topological polar surface area (TPSA) is 74.6 Å². The summed E-state index contributed by atoms with van der Waals surface area (Å²) < 4.78 is 0. The molecule has 0 aliphatic heterocycles. The zero-order valence-electron chi connectivity index (χ0n) is 19.4. The van der Waals surface area contributed by atoms with Gasteiger partial charge in [-0.05, 0) is 53.3 Å². The summed E-state index contributed by atoms with van der Waals surface area (Å²) in [6.07, 6.45) is 3.08.